The average molecular weight is 474 g/mol. The number of rotatable bonds is 7. The molecule has 6 heteroatoms. The summed E-state index contributed by atoms with van der Waals surface area (Å²) in [5, 5.41) is 1.20. The lowest BCUT2D eigenvalue weighted by atomic mass is 10.1. The highest BCUT2D eigenvalue weighted by Crippen LogP contribution is 2.25. The van der Waals surface area contributed by atoms with Crippen LogP contribution in [0.15, 0.2) is 58.5 Å². The minimum absolute atomic E-state index is 0.0340. The van der Waals surface area contributed by atoms with Gasteiger partial charge in [0.1, 0.15) is 0 Å². The highest BCUT2D eigenvalue weighted by Gasteiger charge is 2.19. The van der Waals surface area contributed by atoms with E-state index in [-0.39, 0.29) is 23.0 Å². The van der Waals surface area contributed by atoms with Crippen LogP contribution >= 0.6 is 11.8 Å². The molecule has 2 heterocycles. The Kier molecular flexibility index (Phi) is 6.80. The summed E-state index contributed by atoms with van der Waals surface area (Å²) in [7, 11) is 0. The predicted octanol–water partition coefficient (Wildman–Crippen LogP) is 6.05. The van der Waals surface area contributed by atoms with Gasteiger partial charge in [-0.3, -0.25) is 14.2 Å². The number of carbonyl (C=O) groups is 1. The summed E-state index contributed by atoms with van der Waals surface area (Å²) in [5.41, 5.74) is 6.80. The molecule has 0 amide bonds. The summed E-state index contributed by atoms with van der Waals surface area (Å²) in [6.45, 7) is 12.9. The van der Waals surface area contributed by atoms with Gasteiger partial charge in [-0.1, -0.05) is 43.8 Å². The van der Waals surface area contributed by atoms with Crippen LogP contribution in [0.1, 0.15) is 46.7 Å². The number of para-hydroxylation sites is 1. The van der Waals surface area contributed by atoms with Crippen molar-refractivity contribution in [1.29, 1.82) is 0 Å². The van der Waals surface area contributed by atoms with Crippen LogP contribution < -0.4 is 5.56 Å². The number of benzene rings is 2. The summed E-state index contributed by atoms with van der Waals surface area (Å²) < 4.78 is 3.84. The standard InChI is InChI=1S/C28H31N3O2S/c1-17(2)15-30-27(33)23-9-7-8-10-25(23)29-28(30)34-16-26(32)24-14-20(5)31(21(24)6)22-12-11-18(3)19(4)13-22/h7-14,17H,15-16H2,1-6H3. The molecule has 0 radical (unpaired) electrons. The van der Waals surface area contributed by atoms with Gasteiger partial charge in [0, 0.05) is 29.2 Å². The van der Waals surface area contributed by atoms with E-state index in [1.54, 1.807) is 4.57 Å². The summed E-state index contributed by atoms with van der Waals surface area (Å²) in [4.78, 5) is 31.2. The molecule has 0 atom stereocenters. The largest absolute Gasteiger partial charge is 0.318 e. The van der Waals surface area contributed by atoms with Gasteiger partial charge in [0.2, 0.25) is 0 Å². The van der Waals surface area contributed by atoms with Crippen molar-refractivity contribution in [2.24, 2.45) is 5.92 Å². The number of Topliss-reactive ketones (excluding diaryl/α,β-unsaturated/α-hetero) is 1. The average Bonchev–Trinajstić information content (AvgIpc) is 3.10. The molecule has 0 N–H and O–H groups in total. The first-order valence-electron chi connectivity index (χ1n) is 11.6. The molecule has 0 aliphatic heterocycles. The van der Waals surface area contributed by atoms with Crippen LogP contribution in [0.3, 0.4) is 0 Å². The van der Waals surface area contributed by atoms with Crippen molar-refractivity contribution < 1.29 is 4.79 Å². The summed E-state index contributed by atoms with van der Waals surface area (Å²) in [6.07, 6.45) is 0. The van der Waals surface area contributed by atoms with Crippen LogP contribution in [0.25, 0.3) is 16.6 Å². The molecular weight excluding hydrogens is 442 g/mol. The van der Waals surface area contributed by atoms with E-state index in [4.69, 9.17) is 4.98 Å². The van der Waals surface area contributed by atoms with E-state index in [9.17, 15) is 9.59 Å². The number of fused-ring (bicyclic) bond motifs is 1. The number of thioether (sulfide) groups is 1. The Morgan fingerprint density at radius 2 is 1.74 bits per heavy atom. The van der Waals surface area contributed by atoms with Crippen LogP contribution in [-0.4, -0.2) is 25.7 Å². The molecule has 4 aromatic rings. The fourth-order valence-corrected chi connectivity index (χ4v) is 5.19. The number of aryl methyl sites for hydroxylation is 3. The maximum absolute atomic E-state index is 13.3. The lowest BCUT2D eigenvalue weighted by molar-refractivity contribution is 0.102. The normalized spacial score (nSPS) is 11.5. The van der Waals surface area contributed by atoms with Crippen molar-refractivity contribution >= 4 is 28.4 Å². The van der Waals surface area contributed by atoms with Gasteiger partial charge in [0.05, 0.1) is 16.7 Å². The van der Waals surface area contributed by atoms with Crippen molar-refractivity contribution in [3.63, 3.8) is 0 Å². The molecule has 5 nitrogen and oxygen atoms in total. The Hall–Kier alpha value is -3.12. The van der Waals surface area contributed by atoms with E-state index in [1.807, 2.05) is 44.2 Å². The second kappa shape index (κ2) is 9.63. The smallest absolute Gasteiger partial charge is 0.262 e. The number of hydrogen-bond acceptors (Lipinski definition) is 4. The molecule has 0 saturated carbocycles. The van der Waals surface area contributed by atoms with Crippen molar-refractivity contribution in [2.45, 2.75) is 53.2 Å². The molecule has 0 aliphatic carbocycles. The zero-order valence-electron chi connectivity index (χ0n) is 20.7. The Balaban J connectivity index is 1.65. The van der Waals surface area contributed by atoms with Crippen LogP contribution in [-0.2, 0) is 6.54 Å². The van der Waals surface area contributed by atoms with Crippen LogP contribution in [0, 0.1) is 33.6 Å². The summed E-state index contributed by atoms with van der Waals surface area (Å²) >= 11 is 1.34. The van der Waals surface area contributed by atoms with Gasteiger partial charge in [-0.15, -0.1) is 0 Å². The highest BCUT2D eigenvalue weighted by atomic mass is 32.2. The van der Waals surface area contributed by atoms with Gasteiger partial charge in [-0.25, -0.2) is 4.98 Å². The van der Waals surface area contributed by atoms with Crippen molar-refractivity contribution in [3.05, 3.63) is 87.0 Å². The van der Waals surface area contributed by atoms with Gasteiger partial charge in [0.25, 0.3) is 5.56 Å². The SMILES string of the molecule is Cc1ccc(-n2c(C)cc(C(=O)CSc3nc4ccccc4c(=O)n3CC(C)C)c2C)cc1C. The van der Waals surface area contributed by atoms with E-state index < -0.39 is 0 Å². The molecule has 0 aliphatic rings. The number of ketones is 1. The quantitative estimate of drug-likeness (QED) is 0.186. The molecule has 0 spiro atoms. The molecule has 0 unspecified atom stereocenters. The molecule has 176 valence electrons. The molecule has 0 saturated heterocycles. The monoisotopic (exact) mass is 473 g/mol. The number of hydrogen-bond donors (Lipinski definition) is 0. The van der Waals surface area contributed by atoms with Gasteiger partial charge < -0.3 is 4.57 Å². The number of aromatic nitrogens is 3. The molecular formula is C28H31N3O2S. The van der Waals surface area contributed by atoms with Gasteiger partial charge in [-0.2, -0.15) is 0 Å². The van der Waals surface area contributed by atoms with Crippen LogP contribution in [0.2, 0.25) is 0 Å². The number of carbonyl (C=O) groups excluding carboxylic acids is 1. The maximum atomic E-state index is 13.3. The Morgan fingerprint density at radius 1 is 1.00 bits per heavy atom. The fraction of sp³-hybridized carbons (Fsp3) is 0.321. The van der Waals surface area contributed by atoms with Crippen molar-refractivity contribution in [2.75, 3.05) is 5.75 Å². The van der Waals surface area contributed by atoms with Crippen molar-refractivity contribution in [1.82, 2.24) is 14.1 Å². The zero-order valence-corrected chi connectivity index (χ0v) is 21.5. The topological polar surface area (TPSA) is 56.9 Å². The number of nitrogens with zero attached hydrogens (tertiary/aromatic N) is 3. The lowest BCUT2D eigenvalue weighted by Crippen LogP contribution is -2.25. The molecule has 0 fully saturated rings. The minimum Gasteiger partial charge on any atom is -0.318 e. The summed E-state index contributed by atoms with van der Waals surface area (Å²) in [6, 6.07) is 15.7. The molecule has 34 heavy (non-hydrogen) atoms. The van der Waals surface area contributed by atoms with E-state index in [0.717, 1.165) is 17.1 Å². The predicted molar refractivity (Wildman–Crippen MR) is 141 cm³/mol. The maximum Gasteiger partial charge on any atom is 0.262 e. The van der Waals surface area contributed by atoms with Crippen molar-refractivity contribution in [3.8, 4) is 5.69 Å². The molecule has 4 rings (SSSR count). The molecule has 2 aromatic carbocycles. The summed E-state index contributed by atoms with van der Waals surface area (Å²) in [5.74, 6) is 0.541. The van der Waals surface area contributed by atoms with Gasteiger partial charge in [0.15, 0.2) is 10.9 Å². The third kappa shape index (κ3) is 4.60. The second-order valence-corrected chi connectivity index (χ2v) is 10.3. The zero-order chi connectivity index (χ0) is 24.6. The van der Waals surface area contributed by atoms with Gasteiger partial charge in [-0.05, 0) is 75.1 Å². The first-order chi connectivity index (χ1) is 16.2. The van der Waals surface area contributed by atoms with E-state index in [1.165, 1.54) is 22.9 Å². The Bertz CT molecular complexity index is 1450. The third-order valence-corrected chi connectivity index (χ3v) is 7.16. The Labute approximate surface area is 204 Å². The molecule has 2 aromatic heterocycles. The third-order valence-electron chi connectivity index (χ3n) is 6.19. The first kappa shape index (κ1) is 24.0. The highest BCUT2D eigenvalue weighted by molar-refractivity contribution is 7.99. The minimum atomic E-state index is -0.0535. The van der Waals surface area contributed by atoms with Crippen LogP contribution in [0.4, 0.5) is 0 Å². The second-order valence-electron chi connectivity index (χ2n) is 9.32. The van der Waals surface area contributed by atoms with E-state index in [2.05, 4.69) is 50.5 Å². The van der Waals surface area contributed by atoms with Crippen LogP contribution in [0.5, 0.6) is 0 Å². The lowest BCUT2D eigenvalue weighted by Gasteiger charge is -2.15. The van der Waals surface area contributed by atoms with Gasteiger partial charge >= 0.3 is 0 Å². The first-order valence-corrected chi connectivity index (χ1v) is 12.6. The van der Waals surface area contributed by atoms with E-state index >= 15 is 0 Å². The fourth-order valence-electron chi connectivity index (χ4n) is 4.30. The molecule has 0 bridgehead atoms. The van der Waals surface area contributed by atoms with E-state index in [0.29, 0.717) is 28.2 Å². The Morgan fingerprint density at radius 3 is 2.44 bits per heavy atom.